The van der Waals surface area contributed by atoms with E-state index in [-0.39, 0.29) is 11.9 Å². The molecule has 3 aromatic carbocycles. The van der Waals surface area contributed by atoms with Crippen LogP contribution in [0.4, 0.5) is 18.9 Å². The fraction of sp³-hybridized carbons (Fsp3) is 0.0968. The number of fused-ring (bicyclic) bond motifs is 1. The summed E-state index contributed by atoms with van der Waals surface area (Å²) in [5.74, 6) is -0.709. The van der Waals surface area contributed by atoms with Crippen molar-refractivity contribution in [2.75, 3.05) is 5.32 Å². The maximum Gasteiger partial charge on any atom is 0.416 e. The molecule has 200 valence electrons. The summed E-state index contributed by atoms with van der Waals surface area (Å²) in [4.78, 5) is 34.6. The zero-order valence-corrected chi connectivity index (χ0v) is 21.2. The molecule has 0 fully saturated rings. The quantitative estimate of drug-likeness (QED) is 0.242. The van der Waals surface area contributed by atoms with Crippen LogP contribution in [0.5, 0.6) is 0 Å². The first-order chi connectivity index (χ1) is 19.2. The summed E-state index contributed by atoms with van der Waals surface area (Å²) in [7, 11) is 0. The minimum absolute atomic E-state index is 0.285. The molecule has 5 aromatic rings. The average molecular weight is 541 g/mol. The predicted octanol–water partition coefficient (Wildman–Crippen LogP) is 7.06. The molecule has 0 saturated carbocycles. The first-order valence-electron chi connectivity index (χ1n) is 12.4. The van der Waals surface area contributed by atoms with E-state index in [1.807, 2.05) is 19.1 Å². The molecular formula is C31H23F3N4O2. The van der Waals surface area contributed by atoms with E-state index in [9.17, 15) is 22.8 Å². The van der Waals surface area contributed by atoms with Crippen molar-refractivity contribution >= 4 is 28.4 Å². The van der Waals surface area contributed by atoms with Gasteiger partial charge in [-0.1, -0.05) is 42.5 Å². The third-order valence-corrected chi connectivity index (χ3v) is 6.38. The van der Waals surface area contributed by atoms with E-state index in [4.69, 9.17) is 0 Å². The number of nitrogens with one attached hydrogen (secondary N) is 2. The van der Waals surface area contributed by atoms with Crippen molar-refractivity contribution in [1.82, 2.24) is 15.3 Å². The van der Waals surface area contributed by atoms with Gasteiger partial charge < -0.3 is 10.6 Å². The maximum atomic E-state index is 13.2. The molecule has 0 aliphatic rings. The van der Waals surface area contributed by atoms with Crippen LogP contribution in [0.2, 0.25) is 0 Å². The highest BCUT2D eigenvalue weighted by atomic mass is 19.4. The molecule has 2 amide bonds. The Labute approximate surface area is 227 Å². The van der Waals surface area contributed by atoms with E-state index >= 15 is 0 Å². The maximum absolute atomic E-state index is 13.2. The summed E-state index contributed by atoms with van der Waals surface area (Å²) in [6.07, 6.45) is -1.31. The number of alkyl halides is 3. The minimum Gasteiger partial charge on any atom is -0.344 e. The normalized spacial score (nSPS) is 12.1. The van der Waals surface area contributed by atoms with E-state index in [1.54, 1.807) is 60.8 Å². The molecule has 0 aliphatic carbocycles. The highest BCUT2D eigenvalue weighted by Crippen LogP contribution is 2.32. The number of amides is 2. The van der Waals surface area contributed by atoms with Gasteiger partial charge >= 0.3 is 6.18 Å². The lowest BCUT2D eigenvalue weighted by molar-refractivity contribution is -0.137. The molecule has 1 unspecified atom stereocenters. The Hall–Kier alpha value is -5.05. The van der Waals surface area contributed by atoms with E-state index in [1.165, 1.54) is 18.3 Å². The van der Waals surface area contributed by atoms with Crippen LogP contribution < -0.4 is 10.6 Å². The third-order valence-electron chi connectivity index (χ3n) is 6.38. The molecule has 0 saturated heterocycles. The Morgan fingerprint density at radius 3 is 2.30 bits per heavy atom. The lowest BCUT2D eigenvalue weighted by Crippen LogP contribution is -2.27. The fourth-order valence-corrected chi connectivity index (χ4v) is 4.28. The van der Waals surface area contributed by atoms with Gasteiger partial charge in [-0.25, -0.2) is 0 Å². The van der Waals surface area contributed by atoms with Gasteiger partial charge in [-0.05, 0) is 66.6 Å². The monoisotopic (exact) mass is 540 g/mol. The van der Waals surface area contributed by atoms with Crippen molar-refractivity contribution in [2.24, 2.45) is 0 Å². The van der Waals surface area contributed by atoms with Gasteiger partial charge in [0.05, 0.1) is 28.4 Å². The van der Waals surface area contributed by atoms with Gasteiger partial charge in [0.15, 0.2) is 0 Å². The summed E-state index contributed by atoms with van der Waals surface area (Å²) in [5.41, 5.74) is 2.72. The standard InChI is InChI=1S/C31H23F3N4O2/c1-19(27-8-4-5-15-35-27)37-29(39)22-16-21-11-14-24(17-28(21)36-18-22)38-30(40)26-7-3-2-6-25(26)20-9-12-23(13-10-20)31(32,33)34/h2-19H,1H3,(H,37,39)(H,38,40). The van der Waals surface area contributed by atoms with Crippen LogP contribution in [-0.4, -0.2) is 21.8 Å². The number of aromatic nitrogens is 2. The van der Waals surface area contributed by atoms with E-state index in [2.05, 4.69) is 20.6 Å². The molecule has 0 bridgehead atoms. The molecule has 2 aromatic heterocycles. The second-order valence-corrected chi connectivity index (χ2v) is 9.16. The van der Waals surface area contributed by atoms with Crippen LogP contribution in [0.3, 0.4) is 0 Å². The second-order valence-electron chi connectivity index (χ2n) is 9.16. The Balaban J connectivity index is 1.32. The molecule has 0 spiro atoms. The van der Waals surface area contributed by atoms with E-state index in [0.29, 0.717) is 38.8 Å². The molecule has 40 heavy (non-hydrogen) atoms. The molecule has 2 heterocycles. The number of benzene rings is 3. The zero-order chi connectivity index (χ0) is 28.3. The van der Waals surface area contributed by atoms with Gasteiger partial charge in [0.1, 0.15) is 0 Å². The van der Waals surface area contributed by atoms with E-state index in [0.717, 1.165) is 17.8 Å². The van der Waals surface area contributed by atoms with Gasteiger partial charge in [-0.2, -0.15) is 13.2 Å². The number of hydrogen-bond donors (Lipinski definition) is 2. The SMILES string of the molecule is CC(NC(=O)c1cnc2cc(NC(=O)c3ccccc3-c3ccc(C(F)(F)F)cc3)ccc2c1)c1ccccn1. The van der Waals surface area contributed by atoms with Gasteiger partial charge in [-0.3, -0.25) is 19.6 Å². The summed E-state index contributed by atoms with van der Waals surface area (Å²) in [5, 5.41) is 6.45. The van der Waals surface area contributed by atoms with Crippen LogP contribution in [0.1, 0.15) is 44.9 Å². The van der Waals surface area contributed by atoms with Crippen molar-refractivity contribution in [3.8, 4) is 11.1 Å². The van der Waals surface area contributed by atoms with E-state index < -0.39 is 17.6 Å². The number of carbonyl (C=O) groups is 2. The molecular weight excluding hydrogens is 517 g/mol. The average Bonchev–Trinajstić information content (AvgIpc) is 2.97. The molecule has 9 heteroatoms. The van der Waals surface area contributed by atoms with Crippen molar-refractivity contribution in [3.05, 3.63) is 126 Å². The Morgan fingerprint density at radius 2 is 1.57 bits per heavy atom. The van der Waals surface area contributed by atoms with Crippen LogP contribution in [0.15, 0.2) is 103 Å². The first-order valence-corrected chi connectivity index (χ1v) is 12.4. The number of rotatable bonds is 6. The van der Waals surface area contributed by atoms with Crippen molar-refractivity contribution in [1.29, 1.82) is 0 Å². The van der Waals surface area contributed by atoms with Crippen LogP contribution >= 0.6 is 0 Å². The Bertz CT molecular complexity index is 1690. The molecule has 2 N–H and O–H groups in total. The zero-order valence-electron chi connectivity index (χ0n) is 21.2. The van der Waals surface area contributed by atoms with Crippen molar-refractivity contribution in [2.45, 2.75) is 19.1 Å². The fourth-order valence-electron chi connectivity index (χ4n) is 4.28. The third kappa shape index (κ3) is 5.83. The summed E-state index contributed by atoms with van der Waals surface area (Å²) in [6, 6.07) is 23.4. The number of halogens is 3. The van der Waals surface area contributed by atoms with Gasteiger partial charge in [0.25, 0.3) is 11.8 Å². The molecule has 6 nitrogen and oxygen atoms in total. The number of carbonyl (C=O) groups excluding carboxylic acids is 2. The van der Waals surface area contributed by atoms with Crippen molar-refractivity contribution in [3.63, 3.8) is 0 Å². The molecule has 0 aliphatic heterocycles. The highest BCUT2D eigenvalue weighted by molar-refractivity contribution is 6.09. The number of pyridine rings is 2. The van der Waals surface area contributed by atoms with Crippen LogP contribution in [-0.2, 0) is 6.18 Å². The number of anilines is 1. The van der Waals surface area contributed by atoms with Crippen molar-refractivity contribution < 1.29 is 22.8 Å². The Morgan fingerprint density at radius 1 is 0.825 bits per heavy atom. The predicted molar refractivity (Wildman–Crippen MR) is 147 cm³/mol. The largest absolute Gasteiger partial charge is 0.416 e. The van der Waals surface area contributed by atoms with Gasteiger partial charge in [0.2, 0.25) is 0 Å². The van der Waals surface area contributed by atoms with Crippen LogP contribution in [0, 0.1) is 0 Å². The topological polar surface area (TPSA) is 84.0 Å². The number of hydrogen-bond acceptors (Lipinski definition) is 4. The molecule has 1 atom stereocenters. The summed E-state index contributed by atoms with van der Waals surface area (Å²) < 4.78 is 38.9. The molecule has 5 rings (SSSR count). The van der Waals surface area contributed by atoms with Gasteiger partial charge in [0, 0.05) is 29.0 Å². The Kier molecular flexibility index (Phi) is 7.29. The highest BCUT2D eigenvalue weighted by Gasteiger charge is 2.30. The summed E-state index contributed by atoms with van der Waals surface area (Å²) in [6.45, 7) is 1.85. The second kappa shape index (κ2) is 11.0. The lowest BCUT2D eigenvalue weighted by Gasteiger charge is -2.14. The summed E-state index contributed by atoms with van der Waals surface area (Å²) >= 11 is 0. The van der Waals surface area contributed by atoms with Gasteiger partial charge in [-0.15, -0.1) is 0 Å². The van der Waals surface area contributed by atoms with Crippen LogP contribution in [0.25, 0.3) is 22.0 Å². The minimum atomic E-state index is -4.44. The lowest BCUT2D eigenvalue weighted by atomic mass is 9.98. The molecule has 0 radical (unpaired) electrons. The smallest absolute Gasteiger partial charge is 0.344 e. The number of nitrogens with zero attached hydrogens (tertiary/aromatic N) is 2. The first kappa shape index (κ1) is 26.6.